The number of hydrogen-bond acceptors (Lipinski definition) is 2. The molecule has 1 heterocycles. The fourth-order valence-corrected chi connectivity index (χ4v) is 7.57. The lowest BCUT2D eigenvalue weighted by atomic mass is 9.75. The number of benzene rings is 2. The number of aromatic nitrogens is 2. The van der Waals surface area contributed by atoms with Crippen LogP contribution < -0.4 is 5.69 Å². The number of likely N-dealkylation sites (N-methyl/N-ethyl adjacent to an activating group) is 1. The number of fused-ring (bicyclic) bond motifs is 4. The van der Waals surface area contributed by atoms with Crippen LogP contribution in [0.1, 0.15) is 95.2 Å². The first-order valence-corrected chi connectivity index (χ1v) is 16.8. The molecule has 3 aliphatic rings. The fourth-order valence-electron chi connectivity index (χ4n) is 7.57. The van der Waals surface area contributed by atoms with Crippen molar-refractivity contribution in [3.05, 3.63) is 116 Å². The zero-order valence-corrected chi connectivity index (χ0v) is 27.9. The number of carbonyl (C=O) groups excluding carboxylic acids is 1. The van der Waals surface area contributed by atoms with Gasteiger partial charge in [-0.25, -0.2) is 9.18 Å². The van der Waals surface area contributed by atoms with E-state index in [4.69, 9.17) is 0 Å². The molecule has 0 unspecified atom stereocenters. The van der Waals surface area contributed by atoms with E-state index >= 15 is 0 Å². The molecule has 3 aliphatic carbocycles. The van der Waals surface area contributed by atoms with Gasteiger partial charge in [0.1, 0.15) is 5.82 Å². The van der Waals surface area contributed by atoms with Gasteiger partial charge in [0, 0.05) is 30.6 Å². The topological polar surface area (TPSA) is 47.2 Å². The van der Waals surface area contributed by atoms with Crippen molar-refractivity contribution in [3.63, 3.8) is 0 Å². The van der Waals surface area contributed by atoms with Crippen LogP contribution in [0.3, 0.4) is 0 Å². The monoisotopic (exact) mass is 619 g/mol. The number of amides is 1. The molecule has 46 heavy (non-hydrogen) atoms. The lowest BCUT2D eigenvalue weighted by Crippen LogP contribution is -2.42. The Morgan fingerprint density at radius 1 is 0.978 bits per heavy atom. The third kappa shape index (κ3) is 5.90. The summed E-state index contributed by atoms with van der Waals surface area (Å²) in [6.07, 6.45) is 16.6. The second-order valence-corrected chi connectivity index (χ2v) is 13.8. The maximum Gasteiger partial charge on any atom is 0.334 e. The smallest absolute Gasteiger partial charge is 0.334 e. The van der Waals surface area contributed by atoms with Crippen molar-refractivity contribution in [2.24, 2.45) is 5.41 Å². The van der Waals surface area contributed by atoms with E-state index in [-0.39, 0.29) is 23.5 Å². The number of carbonyl (C=O) groups is 1. The highest BCUT2D eigenvalue weighted by atomic mass is 19.1. The van der Waals surface area contributed by atoms with Crippen LogP contribution in [0.5, 0.6) is 0 Å². The second-order valence-electron chi connectivity index (χ2n) is 13.8. The fraction of sp³-hybridized carbons (Fsp3) is 0.400. The highest BCUT2D eigenvalue weighted by molar-refractivity contribution is 6.07. The molecule has 1 aromatic heterocycles. The SMILES string of the molecule is CC(C)=CCC/C(C)=C/Cn1c2c(n(-c3ccc(F)cc3)c1=O)C=C1c3ccccc3C[C@]1(C)C(C(=O)N(C)C1CCCCC1)=C2. The summed E-state index contributed by atoms with van der Waals surface area (Å²) in [4.78, 5) is 31.0. The van der Waals surface area contributed by atoms with E-state index in [0.29, 0.717) is 30.0 Å². The summed E-state index contributed by atoms with van der Waals surface area (Å²) in [7, 11) is 1.95. The van der Waals surface area contributed by atoms with Gasteiger partial charge >= 0.3 is 5.69 Å². The molecule has 0 aliphatic heterocycles. The minimum Gasteiger partial charge on any atom is -0.339 e. The predicted molar refractivity (Wildman–Crippen MR) is 186 cm³/mol. The van der Waals surface area contributed by atoms with Gasteiger partial charge < -0.3 is 4.90 Å². The quantitative estimate of drug-likeness (QED) is 0.237. The molecular formula is C40H46FN3O2. The van der Waals surface area contributed by atoms with Crippen molar-refractivity contribution in [3.8, 4) is 5.69 Å². The minimum atomic E-state index is -0.576. The molecule has 0 spiro atoms. The van der Waals surface area contributed by atoms with Crippen LogP contribution in [0.25, 0.3) is 23.4 Å². The molecule has 1 amide bonds. The van der Waals surface area contributed by atoms with Crippen molar-refractivity contribution < 1.29 is 9.18 Å². The van der Waals surface area contributed by atoms with Gasteiger partial charge in [0.2, 0.25) is 0 Å². The van der Waals surface area contributed by atoms with Crippen LogP contribution in [-0.2, 0) is 17.8 Å². The first kappa shape index (κ1) is 31.8. The summed E-state index contributed by atoms with van der Waals surface area (Å²) >= 11 is 0. The first-order chi connectivity index (χ1) is 22.1. The Hall–Kier alpha value is -4.19. The molecule has 0 saturated heterocycles. The maximum absolute atomic E-state index is 14.7. The third-order valence-electron chi connectivity index (χ3n) is 10.3. The molecule has 6 rings (SSSR count). The molecule has 0 radical (unpaired) electrons. The number of rotatable bonds is 8. The van der Waals surface area contributed by atoms with Gasteiger partial charge in [-0.2, -0.15) is 0 Å². The molecule has 1 atom stereocenters. The Morgan fingerprint density at radius 3 is 2.41 bits per heavy atom. The molecule has 5 nitrogen and oxygen atoms in total. The lowest BCUT2D eigenvalue weighted by molar-refractivity contribution is -0.129. The standard InChI is InChI=1S/C40H46FN3O2/c1-27(2)12-11-13-28(3)22-23-43-36-25-35(38(45)42(5)31-15-7-6-8-16-31)40(4)26-29-14-9-10-17-33(29)34(40)24-37(36)44(39(43)46)32-20-18-30(41)19-21-32/h9-10,12,14,17-22,24-25,31H,6-8,11,13,15-16,23,26H2,1-5H3/b28-22+/t40-/m0/s1. The van der Waals surface area contributed by atoms with E-state index in [1.807, 2.05) is 24.1 Å². The zero-order valence-electron chi connectivity index (χ0n) is 27.9. The number of nitrogens with zero attached hydrogens (tertiary/aromatic N) is 3. The van der Waals surface area contributed by atoms with Gasteiger partial charge in [0.25, 0.3) is 5.91 Å². The molecule has 3 aromatic rings. The Balaban J connectivity index is 1.56. The molecule has 240 valence electrons. The van der Waals surface area contributed by atoms with Gasteiger partial charge in [0.05, 0.1) is 17.1 Å². The molecule has 1 fully saturated rings. The van der Waals surface area contributed by atoms with E-state index in [0.717, 1.165) is 55.2 Å². The molecule has 1 saturated carbocycles. The number of hydrogen-bond donors (Lipinski definition) is 0. The highest BCUT2D eigenvalue weighted by Crippen LogP contribution is 2.54. The van der Waals surface area contributed by atoms with E-state index < -0.39 is 5.41 Å². The largest absolute Gasteiger partial charge is 0.339 e. The van der Waals surface area contributed by atoms with E-state index in [2.05, 4.69) is 64.1 Å². The van der Waals surface area contributed by atoms with Crippen LogP contribution in [-0.4, -0.2) is 33.0 Å². The maximum atomic E-state index is 14.7. The highest BCUT2D eigenvalue weighted by Gasteiger charge is 2.46. The van der Waals surface area contributed by atoms with Gasteiger partial charge in [0.15, 0.2) is 0 Å². The van der Waals surface area contributed by atoms with Gasteiger partial charge in [-0.15, -0.1) is 0 Å². The third-order valence-corrected chi connectivity index (χ3v) is 10.3. The van der Waals surface area contributed by atoms with Gasteiger partial charge in [-0.3, -0.25) is 13.9 Å². The molecule has 2 aromatic carbocycles. The molecular weight excluding hydrogens is 573 g/mol. The molecule has 6 heteroatoms. The Bertz CT molecular complexity index is 1820. The van der Waals surface area contributed by atoms with E-state index in [9.17, 15) is 14.0 Å². The minimum absolute atomic E-state index is 0.0305. The van der Waals surface area contributed by atoms with Crippen LogP contribution in [0.4, 0.5) is 4.39 Å². The lowest BCUT2D eigenvalue weighted by Gasteiger charge is -2.36. The summed E-state index contributed by atoms with van der Waals surface area (Å²) in [6, 6.07) is 14.7. The van der Waals surface area contributed by atoms with Crippen LogP contribution in [0, 0.1) is 11.2 Å². The van der Waals surface area contributed by atoms with Crippen LogP contribution in [0.2, 0.25) is 0 Å². The van der Waals surface area contributed by atoms with E-state index in [1.54, 1.807) is 21.3 Å². The van der Waals surface area contributed by atoms with Crippen molar-refractivity contribution in [2.75, 3.05) is 7.05 Å². The summed E-state index contributed by atoms with van der Waals surface area (Å²) < 4.78 is 17.5. The normalized spacial score (nSPS) is 19.4. The van der Waals surface area contributed by atoms with Crippen molar-refractivity contribution in [1.29, 1.82) is 0 Å². The average Bonchev–Trinajstić information content (AvgIpc) is 3.43. The van der Waals surface area contributed by atoms with Gasteiger partial charge in [-0.05, 0) is 106 Å². The molecule has 0 bridgehead atoms. The number of halogens is 1. The molecule has 0 N–H and O–H groups in total. The zero-order chi connectivity index (χ0) is 32.6. The van der Waals surface area contributed by atoms with E-state index in [1.165, 1.54) is 35.3 Å². The van der Waals surface area contributed by atoms with Crippen LogP contribution >= 0.6 is 0 Å². The number of allylic oxidation sites excluding steroid dienone is 5. The van der Waals surface area contributed by atoms with Crippen LogP contribution in [0.15, 0.2) is 82.2 Å². The number of imidazole rings is 1. The average molecular weight is 620 g/mol. The van der Waals surface area contributed by atoms with Crippen molar-refractivity contribution >= 4 is 23.6 Å². The Kier molecular flexibility index (Phi) is 8.91. The Labute approximate surface area is 272 Å². The van der Waals surface area contributed by atoms with Gasteiger partial charge in [-0.1, -0.05) is 73.7 Å². The first-order valence-electron chi connectivity index (χ1n) is 16.8. The van der Waals surface area contributed by atoms with Crippen molar-refractivity contribution in [1.82, 2.24) is 14.0 Å². The second kappa shape index (κ2) is 12.9. The summed E-state index contributed by atoms with van der Waals surface area (Å²) in [5.74, 6) is -0.325. The summed E-state index contributed by atoms with van der Waals surface area (Å²) in [5.41, 5.74) is 7.80. The summed E-state index contributed by atoms with van der Waals surface area (Å²) in [5, 5.41) is 0. The summed E-state index contributed by atoms with van der Waals surface area (Å²) in [6.45, 7) is 8.87. The van der Waals surface area contributed by atoms with Crippen molar-refractivity contribution in [2.45, 2.75) is 91.6 Å². The predicted octanol–water partition coefficient (Wildman–Crippen LogP) is 8.76. The Morgan fingerprint density at radius 2 is 1.70 bits per heavy atom.